The number of ether oxygens (including phenoxy) is 1. The maximum Gasteiger partial charge on any atom is 0.323 e. The molecule has 130 valence electrons. The molecule has 0 radical (unpaired) electrons. The summed E-state index contributed by atoms with van der Waals surface area (Å²) in [5.41, 5.74) is 7.00. The van der Waals surface area contributed by atoms with Crippen LogP contribution in [0.4, 0.5) is 0 Å². The van der Waals surface area contributed by atoms with Gasteiger partial charge in [-0.2, -0.15) is 0 Å². The standard InChI is InChI=1S/C16H17N5O4/c17-12(7-10-1-3-11(22)4-2-10)16(24)25-6-5-21-9-20-13-14(21)18-8-19-15(13)23/h1-4,8-9,12,22H,5-7,17H2,(H,18,19,23). The molecular weight excluding hydrogens is 326 g/mol. The van der Waals surface area contributed by atoms with Gasteiger partial charge in [-0.3, -0.25) is 9.59 Å². The van der Waals surface area contributed by atoms with E-state index in [1.165, 1.54) is 24.8 Å². The maximum atomic E-state index is 12.0. The number of aromatic nitrogens is 4. The van der Waals surface area contributed by atoms with Crippen LogP contribution in [0.3, 0.4) is 0 Å². The molecule has 4 N–H and O–H groups in total. The van der Waals surface area contributed by atoms with E-state index < -0.39 is 12.0 Å². The van der Waals surface area contributed by atoms with Gasteiger partial charge in [-0.1, -0.05) is 12.1 Å². The van der Waals surface area contributed by atoms with Crippen molar-refractivity contribution in [2.45, 2.75) is 19.0 Å². The molecule has 0 aliphatic heterocycles. The van der Waals surface area contributed by atoms with E-state index in [0.717, 1.165) is 5.56 Å². The van der Waals surface area contributed by atoms with E-state index in [4.69, 9.17) is 10.5 Å². The average Bonchev–Trinajstić information content (AvgIpc) is 3.01. The lowest BCUT2D eigenvalue weighted by atomic mass is 10.1. The van der Waals surface area contributed by atoms with Crippen LogP contribution >= 0.6 is 0 Å². The van der Waals surface area contributed by atoms with E-state index in [-0.39, 0.29) is 23.4 Å². The first-order valence-electron chi connectivity index (χ1n) is 7.63. The van der Waals surface area contributed by atoms with Crippen LogP contribution in [0, 0.1) is 0 Å². The van der Waals surface area contributed by atoms with Crippen LogP contribution in [-0.2, 0) is 22.5 Å². The van der Waals surface area contributed by atoms with Crippen LogP contribution < -0.4 is 11.3 Å². The number of carbonyl (C=O) groups is 1. The van der Waals surface area contributed by atoms with Crippen LogP contribution in [0.1, 0.15) is 5.56 Å². The number of H-pyrrole nitrogens is 1. The summed E-state index contributed by atoms with van der Waals surface area (Å²) in [7, 11) is 0. The van der Waals surface area contributed by atoms with Crippen molar-refractivity contribution >= 4 is 17.1 Å². The fourth-order valence-electron chi connectivity index (χ4n) is 2.38. The number of hydrogen-bond donors (Lipinski definition) is 3. The van der Waals surface area contributed by atoms with E-state index in [1.54, 1.807) is 16.7 Å². The van der Waals surface area contributed by atoms with E-state index in [1.807, 2.05) is 0 Å². The molecule has 0 saturated carbocycles. The molecule has 25 heavy (non-hydrogen) atoms. The highest BCUT2D eigenvalue weighted by atomic mass is 16.5. The number of imidazole rings is 1. The molecule has 3 aromatic rings. The van der Waals surface area contributed by atoms with Gasteiger partial charge in [0.15, 0.2) is 11.2 Å². The first-order valence-corrected chi connectivity index (χ1v) is 7.63. The van der Waals surface area contributed by atoms with Gasteiger partial charge in [0.25, 0.3) is 5.56 Å². The second kappa shape index (κ2) is 7.14. The predicted molar refractivity (Wildman–Crippen MR) is 88.9 cm³/mol. The number of nitrogens with two attached hydrogens (primary N) is 1. The molecule has 1 unspecified atom stereocenters. The van der Waals surface area contributed by atoms with Crippen molar-refractivity contribution in [3.63, 3.8) is 0 Å². The van der Waals surface area contributed by atoms with E-state index >= 15 is 0 Å². The molecule has 0 aliphatic rings. The summed E-state index contributed by atoms with van der Waals surface area (Å²) < 4.78 is 6.80. The molecule has 2 heterocycles. The summed E-state index contributed by atoms with van der Waals surface area (Å²) >= 11 is 0. The lowest BCUT2D eigenvalue weighted by Gasteiger charge is -2.12. The number of aromatic hydroxyl groups is 1. The molecule has 2 aromatic heterocycles. The number of phenolic OH excluding ortho intramolecular Hbond substituents is 1. The third-order valence-corrected chi connectivity index (χ3v) is 3.68. The zero-order valence-electron chi connectivity index (χ0n) is 13.3. The molecule has 0 fully saturated rings. The van der Waals surface area contributed by atoms with E-state index in [0.29, 0.717) is 18.6 Å². The van der Waals surface area contributed by atoms with Gasteiger partial charge in [-0.25, -0.2) is 9.97 Å². The minimum absolute atomic E-state index is 0.0854. The summed E-state index contributed by atoms with van der Waals surface area (Å²) in [6.45, 7) is 0.396. The van der Waals surface area contributed by atoms with Gasteiger partial charge >= 0.3 is 5.97 Å². The summed E-state index contributed by atoms with van der Waals surface area (Å²) in [6.07, 6.45) is 3.07. The third-order valence-electron chi connectivity index (χ3n) is 3.68. The maximum absolute atomic E-state index is 12.0. The van der Waals surface area contributed by atoms with Crippen LogP contribution in [0.25, 0.3) is 11.2 Å². The van der Waals surface area contributed by atoms with Crippen molar-refractivity contribution in [1.29, 1.82) is 0 Å². The van der Waals surface area contributed by atoms with Gasteiger partial charge < -0.3 is 25.1 Å². The SMILES string of the molecule is NC(Cc1ccc(O)cc1)C(=O)OCCn1cnc2c(=O)[nH]cnc21. The average molecular weight is 343 g/mol. The Bertz CT molecular complexity index is 932. The Morgan fingerprint density at radius 2 is 2.08 bits per heavy atom. The molecular formula is C16H17N5O4. The first-order chi connectivity index (χ1) is 12.0. The second-order valence-electron chi connectivity index (χ2n) is 5.49. The number of fused-ring (bicyclic) bond motifs is 1. The minimum Gasteiger partial charge on any atom is -0.508 e. The molecule has 9 heteroatoms. The minimum atomic E-state index is -0.801. The number of hydrogen-bond acceptors (Lipinski definition) is 7. The Morgan fingerprint density at radius 3 is 2.84 bits per heavy atom. The number of benzene rings is 1. The van der Waals surface area contributed by atoms with E-state index in [2.05, 4.69) is 15.0 Å². The Balaban J connectivity index is 1.54. The van der Waals surface area contributed by atoms with Gasteiger partial charge in [0.05, 0.1) is 19.2 Å². The van der Waals surface area contributed by atoms with Crippen LogP contribution in [0.2, 0.25) is 0 Å². The number of phenols is 1. The van der Waals surface area contributed by atoms with Gasteiger partial charge in [-0.05, 0) is 24.1 Å². The molecule has 0 bridgehead atoms. The molecule has 0 spiro atoms. The molecule has 1 atom stereocenters. The Morgan fingerprint density at radius 1 is 1.32 bits per heavy atom. The zero-order valence-corrected chi connectivity index (χ0v) is 13.3. The molecule has 0 amide bonds. The lowest BCUT2D eigenvalue weighted by Crippen LogP contribution is -2.35. The normalized spacial score (nSPS) is 12.2. The monoisotopic (exact) mass is 343 g/mol. The highest BCUT2D eigenvalue weighted by Gasteiger charge is 2.16. The van der Waals surface area contributed by atoms with Crippen molar-refractivity contribution in [2.24, 2.45) is 5.73 Å². The van der Waals surface area contributed by atoms with Crippen LogP contribution in [0.5, 0.6) is 5.75 Å². The number of nitrogens with one attached hydrogen (secondary N) is 1. The molecule has 9 nitrogen and oxygen atoms in total. The fourth-order valence-corrected chi connectivity index (χ4v) is 2.38. The second-order valence-corrected chi connectivity index (χ2v) is 5.49. The Kier molecular flexibility index (Phi) is 4.75. The van der Waals surface area contributed by atoms with Crippen molar-refractivity contribution in [3.8, 4) is 5.75 Å². The summed E-state index contributed by atoms with van der Waals surface area (Å²) in [5.74, 6) is -0.372. The van der Waals surface area contributed by atoms with Crippen molar-refractivity contribution in [1.82, 2.24) is 19.5 Å². The number of aromatic amines is 1. The first kappa shape index (κ1) is 16.7. The van der Waals surface area contributed by atoms with Gasteiger partial charge in [0.2, 0.25) is 0 Å². The highest BCUT2D eigenvalue weighted by Crippen LogP contribution is 2.11. The van der Waals surface area contributed by atoms with Crippen LogP contribution in [0.15, 0.2) is 41.7 Å². The predicted octanol–water partition coefficient (Wildman–Crippen LogP) is -0.0616. The van der Waals surface area contributed by atoms with Gasteiger partial charge in [0.1, 0.15) is 18.4 Å². The molecule has 3 rings (SSSR count). The quantitative estimate of drug-likeness (QED) is 0.533. The lowest BCUT2D eigenvalue weighted by molar-refractivity contribution is -0.145. The summed E-state index contributed by atoms with van der Waals surface area (Å²) in [4.78, 5) is 34.0. The number of esters is 1. The van der Waals surface area contributed by atoms with Gasteiger partial charge in [-0.15, -0.1) is 0 Å². The molecule has 0 saturated heterocycles. The summed E-state index contributed by atoms with van der Waals surface area (Å²) in [6, 6.07) is 5.66. The van der Waals surface area contributed by atoms with E-state index in [9.17, 15) is 14.7 Å². The largest absolute Gasteiger partial charge is 0.508 e. The number of carbonyl (C=O) groups excluding carboxylic acids is 1. The third kappa shape index (κ3) is 3.83. The van der Waals surface area contributed by atoms with Gasteiger partial charge in [0, 0.05) is 0 Å². The van der Waals surface area contributed by atoms with Crippen molar-refractivity contribution < 1.29 is 14.6 Å². The van der Waals surface area contributed by atoms with Crippen molar-refractivity contribution in [3.05, 3.63) is 52.8 Å². The van der Waals surface area contributed by atoms with Crippen molar-refractivity contribution in [2.75, 3.05) is 6.61 Å². The Labute approximate surface area is 142 Å². The molecule has 0 aliphatic carbocycles. The van der Waals surface area contributed by atoms with Crippen LogP contribution in [-0.4, -0.2) is 43.2 Å². The fraction of sp³-hybridized carbons (Fsp3) is 0.250. The smallest absolute Gasteiger partial charge is 0.323 e. The molecule has 1 aromatic carbocycles. The highest BCUT2D eigenvalue weighted by molar-refractivity contribution is 5.76. The number of nitrogens with zero attached hydrogens (tertiary/aromatic N) is 3. The topological polar surface area (TPSA) is 136 Å². The Hall–Kier alpha value is -3.20. The zero-order chi connectivity index (χ0) is 17.8. The number of rotatable bonds is 6. The summed E-state index contributed by atoms with van der Waals surface area (Å²) in [5, 5.41) is 9.24.